The predicted octanol–water partition coefficient (Wildman–Crippen LogP) is 1.91. The first-order valence-electron chi connectivity index (χ1n) is 4.25. The molecule has 0 saturated heterocycles. The lowest BCUT2D eigenvalue weighted by Gasteiger charge is -1.97. The summed E-state index contributed by atoms with van der Waals surface area (Å²) >= 11 is 0. The molecule has 0 unspecified atom stereocenters. The van der Waals surface area contributed by atoms with Gasteiger partial charge >= 0.3 is 6.09 Å². The molecular weight excluding hydrogens is 156 g/mol. The van der Waals surface area contributed by atoms with Crippen molar-refractivity contribution in [1.82, 2.24) is 5.43 Å². The largest absolute Gasteiger partial charge is 0.449 e. The van der Waals surface area contributed by atoms with Gasteiger partial charge in [0.2, 0.25) is 0 Å². The Morgan fingerprint density at radius 1 is 1.58 bits per heavy atom. The van der Waals surface area contributed by atoms with Gasteiger partial charge in [-0.25, -0.2) is 10.2 Å². The zero-order chi connectivity index (χ0) is 9.23. The molecule has 12 heavy (non-hydrogen) atoms. The third-order valence-corrected chi connectivity index (χ3v) is 1.21. The lowest BCUT2D eigenvalue weighted by Crippen LogP contribution is -2.18. The fourth-order valence-electron chi connectivity index (χ4n) is 0.622. The van der Waals surface area contributed by atoms with Crippen LogP contribution in [0.1, 0.15) is 33.1 Å². The summed E-state index contributed by atoms with van der Waals surface area (Å²) in [6.07, 6.45) is 4.30. The highest BCUT2D eigenvalue weighted by Gasteiger charge is 1.93. The maximum Gasteiger partial charge on any atom is 0.427 e. The van der Waals surface area contributed by atoms with Crippen LogP contribution < -0.4 is 5.43 Å². The molecular formula is C8H16N2O2. The molecule has 4 heteroatoms. The molecule has 0 radical (unpaired) electrons. The van der Waals surface area contributed by atoms with Gasteiger partial charge in [0.05, 0.1) is 6.61 Å². The summed E-state index contributed by atoms with van der Waals surface area (Å²) in [5, 5.41) is 3.68. The van der Waals surface area contributed by atoms with Crippen LogP contribution in [0.4, 0.5) is 4.79 Å². The van der Waals surface area contributed by atoms with E-state index in [1.54, 1.807) is 13.1 Å². The fraction of sp³-hybridized carbons (Fsp3) is 0.750. The first-order chi connectivity index (χ1) is 5.81. The smallest absolute Gasteiger partial charge is 0.427 e. The lowest BCUT2D eigenvalue weighted by molar-refractivity contribution is 0.152. The van der Waals surface area contributed by atoms with E-state index in [4.69, 9.17) is 0 Å². The Bertz CT molecular complexity index is 146. The number of ether oxygens (including phenoxy) is 1. The van der Waals surface area contributed by atoms with Gasteiger partial charge in [-0.15, -0.1) is 0 Å². The van der Waals surface area contributed by atoms with E-state index in [2.05, 4.69) is 22.2 Å². The zero-order valence-electron chi connectivity index (χ0n) is 7.67. The zero-order valence-corrected chi connectivity index (χ0v) is 7.67. The van der Waals surface area contributed by atoms with E-state index < -0.39 is 6.09 Å². The van der Waals surface area contributed by atoms with Crippen LogP contribution in [0.15, 0.2) is 5.10 Å². The number of hydrogen-bond acceptors (Lipinski definition) is 3. The van der Waals surface area contributed by atoms with E-state index in [0.717, 1.165) is 19.3 Å². The average molecular weight is 172 g/mol. The number of carbonyl (C=O) groups is 1. The van der Waals surface area contributed by atoms with Crippen molar-refractivity contribution in [3.63, 3.8) is 0 Å². The van der Waals surface area contributed by atoms with Crippen molar-refractivity contribution in [2.24, 2.45) is 5.10 Å². The molecule has 0 heterocycles. The average Bonchev–Trinajstić information content (AvgIpc) is 2.05. The van der Waals surface area contributed by atoms with Crippen molar-refractivity contribution >= 4 is 12.3 Å². The highest BCUT2D eigenvalue weighted by Crippen LogP contribution is 1.88. The fourth-order valence-corrected chi connectivity index (χ4v) is 0.622. The number of carbonyl (C=O) groups excluding carboxylic acids is 1. The Hall–Kier alpha value is -1.06. The molecule has 0 aliphatic heterocycles. The summed E-state index contributed by atoms with van der Waals surface area (Å²) in [5.41, 5.74) is 2.25. The Labute approximate surface area is 73.0 Å². The summed E-state index contributed by atoms with van der Waals surface area (Å²) in [6.45, 7) is 4.23. The number of amides is 1. The van der Waals surface area contributed by atoms with Gasteiger partial charge in [-0.1, -0.05) is 13.3 Å². The van der Waals surface area contributed by atoms with Crippen molar-refractivity contribution in [3.8, 4) is 0 Å². The van der Waals surface area contributed by atoms with Gasteiger partial charge in [-0.3, -0.25) is 0 Å². The minimum atomic E-state index is -0.495. The van der Waals surface area contributed by atoms with Crippen LogP contribution in [-0.4, -0.2) is 18.9 Å². The van der Waals surface area contributed by atoms with Gasteiger partial charge < -0.3 is 4.74 Å². The highest BCUT2D eigenvalue weighted by atomic mass is 16.5. The molecule has 1 N–H and O–H groups in total. The standard InChI is InChI=1S/C8H16N2O2/c1-3-5-6-7-9-10-8(11)12-4-2/h7H,3-6H2,1-2H3,(H,10,11)/b9-7-. The molecule has 0 aliphatic carbocycles. The minimum Gasteiger partial charge on any atom is -0.449 e. The first-order valence-corrected chi connectivity index (χ1v) is 4.25. The molecule has 70 valence electrons. The molecule has 0 fully saturated rings. The second-order valence-electron chi connectivity index (χ2n) is 2.29. The number of nitrogens with one attached hydrogen (secondary N) is 1. The van der Waals surface area contributed by atoms with Gasteiger partial charge in [0.25, 0.3) is 0 Å². The van der Waals surface area contributed by atoms with Crippen LogP contribution in [-0.2, 0) is 4.74 Å². The molecule has 1 amide bonds. The van der Waals surface area contributed by atoms with Gasteiger partial charge in [0.1, 0.15) is 0 Å². The number of hydrazone groups is 1. The molecule has 0 aromatic carbocycles. The van der Waals surface area contributed by atoms with Crippen LogP contribution in [0.5, 0.6) is 0 Å². The van der Waals surface area contributed by atoms with E-state index in [9.17, 15) is 4.79 Å². The van der Waals surface area contributed by atoms with Crippen LogP contribution >= 0.6 is 0 Å². The summed E-state index contributed by atoms with van der Waals surface area (Å²) < 4.78 is 4.58. The third-order valence-electron chi connectivity index (χ3n) is 1.21. The van der Waals surface area contributed by atoms with E-state index in [-0.39, 0.29) is 0 Å². The SMILES string of the molecule is CCCC/C=N\NC(=O)OCC. The van der Waals surface area contributed by atoms with Gasteiger partial charge in [-0.05, 0) is 19.8 Å². The lowest BCUT2D eigenvalue weighted by atomic mass is 10.3. The predicted molar refractivity (Wildman–Crippen MR) is 48.2 cm³/mol. The molecule has 0 aliphatic rings. The first kappa shape index (κ1) is 10.9. The molecule has 0 aromatic heterocycles. The molecule has 0 atom stereocenters. The number of hydrogen-bond donors (Lipinski definition) is 1. The monoisotopic (exact) mass is 172 g/mol. The molecule has 0 saturated carbocycles. The van der Waals surface area contributed by atoms with E-state index in [0.29, 0.717) is 6.61 Å². The van der Waals surface area contributed by atoms with E-state index in [1.165, 1.54) is 0 Å². The summed E-state index contributed by atoms with van der Waals surface area (Å²) in [6, 6.07) is 0. The third kappa shape index (κ3) is 7.05. The van der Waals surface area contributed by atoms with Gasteiger partial charge in [0, 0.05) is 6.21 Å². The van der Waals surface area contributed by atoms with Crippen molar-refractivity contribution < 1.29 is 9.53 Å². The van der Waals surface area contributed by atoms with Gasteiger partial charge in [0.15, 0.2) is 0 Å². The molecule has 0 aromatic rings. The summed E-state index contributed by atoms with van der Waals surface area (Å²) in [4.78, 5) is 10.6. The van der Waals surface area contributed by atoms with Crippen molar-refractivity contribution in [2.45, 2.75) is 33.1 Å². The highest BCUT2D eigenvalue weighted by molar-refractivity contribution is 5.68. The maximum atomic E-state index is 10.6. The Balaban J connectivity index is 3.27. The van der Waals surface area contributed by atoms with Crippen LogP contribution in [0, 0.1) is 0 Å². The molecule has 0 rings (SSSR count). The minimum absolute atomic E-state index is 0.371. The Kier molecular flexibility index (Phi) is 7.33. The van der Waals surface area contributed by atoms with Gasteiger partial charge in [-0.2, -0.15) is 5.10 Å². The molecule has 0 spiro atoms. The van der Waals surface area contributed by atoms with Crippen molar-refractivity contribution in [1.29, 1.82) is 0 Å². The Morgan fingerprint density at radius 2 is 2.33 bits per heavy atom. The van der Waals surface area contributed by atoms with Crippen molar-refractivity contribution in [2.75, 3.05) is 6.61 Å². The van der Waals surface area contributed by atoms with E-state index in [1.807, 2.05) is 0 Å². The quantitative estimate of drug-likeness (QED) is 0.391. The van der Waals surface area contributed by atoms with Crippen LogP contribution in [0.3, 0.4) is 0 Å². The Morgan fingerprint density at radius 3 is 2.92 bits per heavy atom. The number of unbranched alkanes of at least 4 members (excludes halogenated alkanes) is 2. The number of nitrogens with zero attached hydrogens (tertiary/aromatic N) is 1. The van der Waals surface area contributed by atoms with Crippen LogP contribution in [0.2, 0.25) is 0 Å². The maximum absolute atomic E-state index is 10.6. The van der Waals surface area contributed by atoms with E-state index >= 15 is 0 Å². The topological polar surface area (TPSA) is 50.7 Å². The normalized spacial score (nSPS) is 10.2. The molecule has 0 bridgehead atoms. The number of rotatable bonds is 5. The van der Waals surface area contributed by atoms with Crippen LogP contribution in [0.25, 0.3) is 0 Å². The summed E-state index contributed by atoms with van der Waals surface area (Å²) in [7, 11) is 0. The second kappa shape index (κ2) is 8.04. The summed E-state index contributed by atoms with van der Waals surface area (Å²) in [5.74, 6) is 0. The second-order valence-corrected chi connectivity index (χ2v) is 2.29. The van der Waals surface area contributed by atoms with Crippen molar-refractivity contribution in [3.05, 3.63) is 0 Å². The molecule has 4 nitrogen and oxygen atoms in total.